The van der Waals surface area contributed by atoms with Gasteiger partial charge < -0.3 is 5.32 Å². The number of rotatable bonds is 4. The molecule has 5 nitrogen and oxygen atoms in total. The highest BCUT2D eigenvalue weighted by atomic mass is 19.4. The molecule has 0 spiro atoms. The Hall–Kier alpha value is -1.86. The normalized spacial score (nSPS) is 13.2. The predicted octanol–water partition coefficient (Wildman–Crippen LogP) is 3.05. The molecule has 0 aliphatic rings. The molecule has 0 bridgehead atoms. The number of aryl methyl sites for hydroxylation is 1. The van der Waals surface area contributed by atoms with Gasteiger partial charge in [-0.05, 0) is 19.9 Å². The molecule has 18 heavy (non-hydrogen) atoms. The number of hydrogen-bond donors (Lipinski definition) is 1. The van der Waals surface area contributed by atoms with Crippen LogP contribution in [0.3, 0.4) is 0 Å². The summed E-state index contributed by atoms with van der Waals surface area (Å²) < 4.78 is 36.3. The number of hydrogen-bond acceptors (Lipinski definition) is 4. The van der Waals surface area contributed by atoms with E-state index in [0.29, 0.717) is 0 Å². The Bertz CT molecular complexity index is 448. The molecule has 0 amide bonds. The smallest absolute Gasteiger partial charge is 0.367 e. The van der Waals surface area contributed by atoms with E-state index in [1.807, 2.05) is 0 Å². The molecular weight excluding hydrogens is 251 g/mol. The van der Waals surface area contributed by atoms with Gasteiger partial charge in [0.05, 0.1) is 11.3 Å². The van der Waals surface area contributed by atoms with Crippen molar-refractivity contribution in [2.24, 2.45) is 0 Å². The van der Waals surface area contributed by atoms with Gasteiger partial charge in [0, 0.05) is 12.1 Å². The molecule has 0 saturated heterocycles. The maximum atomic E-state index is 12.1. The first-order valence-electron chi connectivity index (χ1n) is 5.14. The van der Waals surface area contributed by atoms with Gasteiger partial charge in [-0.3, -0.25) is 10.1 Å². The Morgan fingerprint density at radius 1 is 1.50 bits per heavy atom. The number of alkyl halides is 3. The largest absolute Gasteiger partial charge is 0.391 e. The predicted molar refractivity (Wildman–Crippen MR) is 59.4 cm³/mol. The summed E-state index contributed by atoms with van der Waals surface area (Å²) in [6, 6.07) is 1.65. The summed E-state index contributed by atoms with van der Waals surface area (Å²) >= 11 is 0. The van der Waals surface area contributed by atoms with Crippen molar-refractivity contribution in [2.75, 3.05) is 5.32 Å². The number of nitrogens with zero attached hydrogens (tertiary/aromatic N) is 2. The van der Waals surface area contributed by atoms with Gasteiger partial charge in [-0.25, -0.2) is 4.98 Å². The van der Waals surface area contributed by atoms with Crippen LogP contribution in [0.15, 0.2) is 12.1 Å². The molecule has 1 atom stereocenters. The minimum atomic E-state index is -4.26. The monoisotopic (exact) mass is 263 g/mol. The number of pyridine rings is 1. The molecule has 1 aromatic heterocycles. The Labute approximate surface area is 101 Å². The van der Waals surface area contributed by atoms with Crippen LogP contribution in [0.4, 0.5) is 24.7 Å². The fourth-order valence-electron chi connectivity index (χ4n) is 1.48. The number of halogens is 3. The van der Waals surface area contributed by atoms with E-state index in [1.165, 1.54) is 26.0 Å². The van der Waals surface area contributed by atoms with Crippen molar-refractivity contribution in [3.8, 4) is 0 Å². The van der Waals surface area contributed by atoms with Crippen molar-refractivity contribution < 1.29 is 18.1 Å². The summed E-state index contributed by atoms with van der Waals surface area (Å²) in [5.41, 5.74) is -0.00627. The van der Waals surface area contributed by atoms with Crippen LogP contribution in [0.1, 0.15) is 19.0 Å². The molecule has 1 aromatic rings. The van der Waals surface area contributed by atoms with Crippen LogP contribution in [0.25, 0.3) is 0 Å². The third kappa shape index (κ3) is 4.19. The molecule has 0 radical (unpaired) electrons. The van der Waals surface area contributed by atoms with E-state index in [4.69, 9.17) is 0 Å². The van der Waals surface area contributed by atoms with E-state index in [2.05, 4.69) is 10.3 Å². The summed E-state index contributed by atoms with van der Waals surface area (Å²) in [4.78, 5) is 13.8. The second-order valence-electron chi connectivity index (χ2n) is 3.92. The first-order valence-corrected chi connectivity index (χ1v) is 5.14. The van der Waals surface area contributed by atoms with Gasteiger partial charge in [0.25, 0.3) is 5.69 Å². The number of anilines is 1. The lowest BCUT2D eigenvalue weighted by atomic mass is 10.2. The summed E-state index contributed by atoms with van der Waals surface area (Å²) in [6.45, 7) is 2.80. The van der Waals surface area contributed by atoms with Crippen molar-refractivity contribution in [3.05, 3.63) is 27.9 Å². The summed E-state index contributed by atoms with van der Waals surface area (Å²) in [6.07, 6.45) is -5.26. The Balaban J connectivity index is 2.75. The molecule has 1 N–H and O–H groups in total. The van der Waals surface area contributed by atoms with Gasteiger partial charge in [0.15, 0.2) is 0 Å². The molecular formula is C10H12F3N3O2. The van der Waals surface area contributed by atoms with Crippen LogP contribution in [-0.4, -0.2) is 22.1 Å². The summed E-state index contributed by atoms with van der Waals surface area (Å²) in [7, 11) is 0. The van der Waals surface area contributed by atoms with E-state index >= 15 is 0 Å². The van der Waals surface area contributed by atoms with Crippen LogP contribution < -0.4 is 5.32 Å². The average molecular weight is 263 g/mol. The zero-order valence-corrected chi connectivity index (χ0v) is 9.78. The fourth-order valence-corrected chi connectivity index (χ4v) is 1.48. The molecule has 0 aliphatic carbocycles. The van der Waals surface area contributed by atoms with Crippen molar-refractivity contribution in [2.45, 2.75) is 32.5 Å². The molecule has 8 heteroatoms. The topological polar surface area (TPSA) is 68.1 Å². The fraction of sp³-hybridized carbons (Fsp3) is 0.500. The van der Waals surface area contributed by atoms with Gasteiger partial charge in [-0.1, -0.05) is 0 Å². The molecule has 100 valence electrons. The molecule has 1 unspecified atom stereocenters. The minimum Gasteiger partial charge on any atom is -0.367 e. The number of nitro groups is 1. The first-order chi connectivity index (χ1) is 8.19. The Morgan fingerprint density at radius 2 is 2.11 bits per heavy atom. The zero-order chi connectivity index (χ0) is 13.9. The molecule has 0 fully saturated rings. The Kier molecular flexibility index (Phi) is 4.10. The average Bonchev–Trinajstić information content (AvgIpc) is 2.13. The Morgan fingerprint density at radius 3 is 2.56 bits per heavy atom. The van der Waals surface area contributed by atoms with E-state index in [-0.39, 0.29) is 17.2 Å². The lowest BCUT2D eigenvalue weighted by molar-refractivity contribution is -0.385. The van der Waals surface area contributed by atoms with Crippen LogP contribution in [-0.2, 0) is 0 Å². The van der Waals surface area contributed by atoms with Crippen molar-refractivity contribution in [1.29, 1.82) is 0 Å². The van der Waals surface area contributed by atoms with Crippen molar-refractivity contribution in [3.63, 3.8) is 0 Å². The maximum absolute atomic E-state index is 12.1. The lowest BCUT2D eigenvalue weighted by Crippen LogP contribution is -2.24. The molecule has 1 rings (SSSR count). The van der Waals surface area contributed by atoms with Gasteiger partial charge >= 0.3 is 6.18 Å². The third-order valence-corrected chi connectivity index (χ3v) is 2.19. The van der Waals surface area contributed by atoms with Gasteiger partial charge in [0.1, 0.15) is 11.5 Å². The van der Waals surface area contributed by atoms with Crippen molar-refractivity contribution >= 4 is 11.5 Å². The quantitative estimate of drug-likeness (QED) is 0.669. The first kappa shape index (κ1) is 14.2. The summed E-state index contributed by atoms with van der Waals surface area (Å²) in [5.74, 6) is 0.190. The standard InChI is InChI=1S/C10H12F3N3O2/c1-6(5-10(11,12)13)14-9-4-3-8(16(17)18)7(2)15-9/h3-4,6H,5H2,1-2H3,(H,14,15). The van der Waals surface area contributed by atoms with Crippen LogP contribution in [0.2, 0.25) is 0 Å². The van der Waals surface area contributed by atoms with E-state index in [0.717, 1.165) is 0 Å². The number of aromatic nitrogens is 1. The van der Waals surface area contributed by atoms with Crippen molar-refractivity contribution in [1.82, 2.24) is 4.98 Å². The lowest BCUT2D eigenvalue weighted by Gasteiger charge is -2.16. The molecule has 0 saturated carbocycles. The molecule has 0 aliphatic heterocycles. The zero-order valence-electron chi connectivity index (χ0n) is 9.78. The van der Waals surface area contributed by atoms with Crippen LogP contribution in [0.5, 0.6) is 0 Å². The van der Waals surface area contributed by atoms with E-state index in [1.54, 1.807) is 0 Å². The maximum Gasteiger partial charge on any atom is 0.391 e. The van der Waals surface area contributed by atoms with Gasteiger partial charge in [-0.2, -0.15) is 13.2 Å². The minimum absolute atomic E-state index is 0.157. The third-order valence-electron chi connectivity index (χ3n) is 2.19. The molecule has 0 aromatic carbocycles. The number of nitrogens with one attached hydrogen (secondary N) is 1. The van der Waals surface area contributed by atoms with E-state index < -0.39 is 23.6 Å². The molecule has 1 heterocycles. The highest BCUT2D eigenvalue weighted by molar-refractivity contribution is 5.45. The second kappa shape index (κ2) is 5.19. The van der Waals surface area contributed by atoms with Crippen LogP contribution >= 0.6 is 0 Å². The second-order valence-corrected chi connectivity index (χ2v) is 3.92. The SMILES string of the molecule is Cc1nc(NC(C)CC(F)(F)F)ccc1[N+](=O)[O-]. The van der Waals surface area contributed by atoms with E-state index in [9.17, 15) is 23.3 Å². The van der Waals surface area contributed by atoms with Gasteiger partial charge in [0.2, 0.25) is 0 Å². The van der Waals surface area contributed by atoms with Crippen LogP contribution in [0, 0.1) is 17.0 Å². The highest BCUT2D eigenvalue weighted by Crippen LogP contribution is 2.24. The highest BCUT2D eigenvalue weighted by Gasteiger charge is 2.30. The van der Waals surface area contributed by atoms with Gasteiger partial charge in [-0.15, -0.1) is 0 Å². The summed E-state index contributed by atoms with van der Waals surface area (Å²) in [5, 5.41) is 13.1.